The minimum Gasteiger partial charge on any atom is -0.507 e. The van der Waals surface area contributed by atoms with Gasteiger partial charge in [0.2, 0.25) is 0 Å². The normalized spacial score (nSPS) is 11.0. The molecule has 0 aliphatic heterocycles. The van der Waals surface area contributed by atoms with Gasteiger partial charge in [-0.25, -0.2) is 5.43 Å². The summed E-state index contributed by atoms with van der Waals surface area (Å²) in [5.74, 6) is -0.209. The van der Waals surface area contributed by atoms with Crippen molar-refractivity contribution in [1.29, 1.82) is 0 Å². The first-order valence-electron chi connectivity index (χ1n) is 8.03. The van der Waals surface area contributed by atoms with Crippen LogP contribution in [0.4, 0.5) is 0 Å². The summed E-state index contributed by atoms with van der Waals surface area (Å²) in [6, 6.07) is 16.7. The van der Waals surface area contributed by atoms with Crippen LogP contribution in [0.3, 0.4) is 0 Å². The van der Waals surface area contributed by atoms with Crippen molar-refractivity contribution >= 4 is 28.1 Å². The first-order valence-corrected chi connectivity index (χ1v) is 8.83. The van der Waals surface area contributed by atoms with Gasteiger partial charge in [0.25, 0.3) is 5.91 Å². The zero-order valence-corrected chi connectivity index (χ0v) is 16.0. The van der Waals surface area contributed by atoms with Crippen molar-refractivity contribution in [3.63, 3.8) is 0 Å². The number of nitrogens with one attached hydrogen (secondary N) is 1. The van der Waals surface area contributed by atoms with E-state index in [1.807, 2.05) is 54.8 Å². The molecule has 6 heteroatoms. The maximum Gasteiger partial charge on any atom is 0.273 e. The Balaban J connectivity index is 1.81. The molecule has 1 aromatic heterocycles. The van der Waals surface area contributed by atoms with E-state index in [1.54, 1.807) is 18.2 Å². The van der Waals surface area contributed by atoms with Crippen molar-refractivity contribution in [2.24, 2.45) is 5.10 Å². The first kappa shape index (κ1) is 17.9. The molecule has 3 rings (SSSR count). The molecule has 3 aromatic rings. The number of para-hydroxylation sites is 1. The molecule has 5 nitrogen and oxygen atoms in total. The molecule has 132 valence electrons. The van der Waals surface area contributed by atoms with E-state index in [1.165, 1.54) is 6.21 Å². The highest BCUT2D eigenvalue weighted by atomic mass is 79.9. The molecular weight excluding hydrogens is 394 g/mol. The molecule has 2 N–H and O–H groups in total. The number of hydrogen-bond acceptors (Lipinski definition) is 3. The topological polar surface area (TPSA) is 66.6 Å². The van der Waals surface area contributed by atoms with Crippen molar-refractivity contribution in [2.45, 2.75) is 13.8 Å². The Morgan fingerprint density at radius 3 is 2.62 bits per heavy atom. The van der Waals surface area contributed by atoms with E-state index in [-0.39, 0.29) is 11.7 Å². The largest absolute Gasteiger partial charge is 0.507 e. The van der Waals surface area contributed by atoms with Crippen molar-refractivity contribution in [2.75, 3.05) is 0 Å². The van der Waals surface area contributed by atoms with Gasteiger partial charge in [-0.2, -0.15) is 5.10 Å². The summed E-state index contributed by atoms with van der Waals surface area (Å²) in [4.78, 5) is 12.5. The number of hydrazone groups is 1. The molecule has 0 unspecified atom stereocenters. The number of nitrogens with zero attached hydrogens (tertiary/aromatic N) is 2. The number of aromatic hydroxyl groups is 1. The molecule has 0 aliphatic carbocycles. The van der Waals surface area contributed by atoms with Crippen LogP contribution in [0.2, 0.25) is 0 Å². The Kier molecular flexibility index (Phi) is 5.23. The second kappa shape index (κ2) is 7.58. The van der Waals surface area contributed by atoms with Crippen LogP contribution in [0, 0.1) is 13.8 Å². The van der Waals surface area contributed by atoms with E-state index in [9.17, 15) is 9.90 Å². The summed E-state index contributed by atoms with van der Waals surface area (Å²) in [5.41, 5.74) is 6.39. The second-order valence-electron chi connectivity index (χ2n) is 5.86. The molecule has 0 saturated heterocycles. The average molecular weight is 412 g/mol. The third-order valence-corrected chi connectivity index (χ3v) is 4.54. The van der Waals surface area contributed by atoms with Crippen LogP contribution in [-0.2, 0) is 0 Å². The van der Waals surface area contributed by atoms with Gasteiger partial charge < -0.3 is 9.67 Å². The molecule has 0 saturated carbocycles. The molecule has 0 aliphatic rings. The average Bonchev–Trinajstić information content (AvgIpc) is 2.93. The highest BCUT2D eigenvalue weighted by molar-refractivity contribution is 9.10. The van der Waals surface area contributed by atoms with E-state index < -0.39 is 0 Å². The zero-order valence-electron chi connectivity index (χ0n) is 14.4. The molecule has 0 spiro atoms. The fourth-order valence-corrected chi connectivity index (χ4v) is 3.20. The number of halogens is 1. The number of benzene rings is 2. The molecule has 0 atom stereocenters. The van der Waals surface area contributed by atoms with Gasteiger partial charge in [-0.3, -0.25) is 4.79 Å². The fraction of sp³-hybridized carbons (Fsp3) is 0.100. The molecular formula is C20H18BrN3O2. The van der Waals surface area contributed by atoms with E-state index in [0.29, 0.717) is 11.1 Å². The lowest BCUT2D eigenvalue weighted by atomic mass is 10.2. The summed E-state index contributed by atoms with van der Waals surface area (Å²) in [6.45, 7) is 3.86. The molecule has 0 bridgehead atoms. The summed E-state index contributed by atoms with van der Waals surface area (Å²) in [7, 11) is 0. The molecule has 1 amide bonds. The van der Waals surface area contributed by atoms with Gasteiger partial charge in [0, 0.05) is 27.1 Å². The summed E-state index contributed by atoms with van der Waals surface area (Å²) in [5, 5.41) is 13.8. The molecule has 26 heavy (non-hydrogen) atoms. The maximum atomic E-state index is 12.5. The highest BCUT2D eigenvalue weighted by Gasteiger charge is 2.16. The minimum atomic E-state index is -0.300. The van der Waals surface area contributed by atoms with Crippen LogP contribution < -0.4 is 5.43 Å². The number of carbonyl (C=O) groups excluding carboxylic acids is 1. The number of carbonyl (C=O) groups is 1. The van der Waals surface area contributed by atoms with Gasteiger partial charge in [-0.15, -0.1) is 0 Å². The number of aryl methyl sites for hydroxylation is 1. The molecule has 1 heterocycles. The minimum absolute atomic E-state index is 0.0912. The predicted octanol–water partition coefficient (Wildman–Crippen LogP) is 4.33. The number of aromatic nitrogens is 1. The van der Waals surface area contributed by atoms with Crippen molar-refractivity contribution in [3.8, 4) is 11.4 Å². The number of amides is 1. The summed E-state index contributed by atoms with van der Waals surface area (Å²) < 4.78 is 2.84. The van der Waals surface area contributed by atoms with Crippen LogP contribution >= 0.6 is 15.9 Å². The Labute approximate surface area is 160 Å². The molecule has 0 fully saturated rings. The Bertz CT molecular complexity index is 978. The van der Waals surface area contributed by atoms with Crippen molar-refractivity contribution < 1.29 is 9.90 Å². The van der Waals surface area contributed by atoms with E-state index in [4.69, 9.17) is 0 Å². The maximum absolute atomic E-state index is 12.5. The number of rotatable bonds is 4. The monoisotopic (exact) mass is 411 g/mol. The van der Waals surface area contributed by atoms with E-state index in [2.05, 4.69) is 26.5 Å². The van der Waals surface area contributed by atoms with Crippen molar-refractivity contribution in [1.82, 2.24) is 9.99 Å². The predicted molar refractivity (Wildman–Crippen MR) is 106 cm³/mol. The van der Waals surface area contributed by atoms with Gasteiger partial charge >= 0.3 is 0 Å². The fourth-order valence-electron chi connectivity index (χ4n) is 2.82. The van der Waals surface area contributed by atoms with Crippen LogP contribution in [0.5, 0.6) is 5.75 Å². The van der Waals surface area contributed by atoms with Gasteiger partial charge in [0.05, 0.1) is 11.8 Å². The van der Waals surface area contributed by atoms with E-state index >= 15 is 0 Å². The van der Waals surface area contributed by atoms with Crippen LogP contribution in [0.1, 0.15) is 27.3 Å². The van der Waals surface area contributed by atoms with Gasteiger partial charge in [-0.05, 0) is 50.2 Å². The third kappa shape index (κ3) is 3.70. The Morgan fingerprint density at radius 2 is 1.88 bits per heavy atom. The Morgan fingerprint density at radius 1 is 1.15 bits per heavy atom. The summed E-state index contributed by atoms with van der Waals surface area (Å²) >= 11 is 3.33. The van der Waals surface area contributed by atoms with Crippen LogP contribution in [0.15, 0.2) is 64.2 Å². The summed E-state index contributed by atoms with van der Waals surface area (Å²) in [6.07, 6.45) is 1.41. The third-order valence-electron chi connectivity index (χ3n) is 4.05. The molecule has 0 radical (unpaired) electrons. The SMILES string of the molecule is Cc1cc(C(=O)NN=Cc2cc(Br)ccc2O)c(C)n1-c1ccccc1. The van der Waals surface area contributed by atoms with Crippen LogP contribution in [-0.4, -0.2) is 21.8 Å². The standard InChI is InChI=1S/C20H18BrN3O2/c1-13-10-18(14(2)24(13)17-6-4-3-5-7-17)20(26)23-22-12-15-11-16(21)8-9-19(15)25/h3-12,25H,1-2H3,(H,23,26). The quantitative estimate of drug-likeness (QED) is 0.495. The lowest BCUT2D eigenvalue weighted by Crippen LogP contribution is -2.18. The second-order valence-corrected chi connectivity index (χ2v) is 6.77. The van der Waals surface area contributed by atoms with Crippen molar-refractivity contribution in [3.05, 3.63) is 81.6 Å². The van der Waals surface area contributed by atoms with Crippen LogP contribution in [0.25, 0.3) is 5.69 Å². The zero-order chi connectivity index (χ0) is 18.7. The Hall–Kier alpha value is -2.86. The van der Waals surface area contributed by atoms with Gasteiger partial charge in [-0.1, -0.05) is 34.1 Å². The lowest BCUT2D eigenvalue weighted by Gasteiger charge is -2.09. The molecule has 2 aromatic carbocycles. The van der Waals surface area contributed by atoms with Gasteiger partial charge in [0.15, 0.2) is 0 Å². The highest BCUT2D eigenvalue weighted by Crippen LogP contribution is 2.21. The first-order chi connectivity index (χ1) is 12.5. The number of phenols is 1. The smallest absolute Gasteiger partial charge is 0.273 e. The number of phenolic OH excluding ortho intramolecular Hbond substituents is 1. The number of hydrogen-bond donors (Lipinski definition) is 2. The van der Waals surface area contributed by atoms with E-state index in [0.717, 1.165) is 21.5 Å². The lowest BCUT2D eigenvalue weighted by molar-refractivity contribution is 0.0954. The van der Waals surface area contributed by atoms with Gasteiger partial charge in [0.1, 0.15) is 5.75 Å².